The van der Waals surface area contributed by atoms with Crippen LogP contribution >= 0.6 is 0 Å². The van der Waals surface area contributed by atoms with Crippen LogP contribution in [0.25, 0.3) is 0 Å². The minimum Gasteiger partial charge on any atom is -0.291 e. The first-order valence-electron chi connectivity index (χ1n) is 6.82. The van der Waals surface area contributed by atoms with Crippen LogP contribution in [0.15, 0.2) is 60.7 Å². The van der Waals surface area contributed by atoms with Crippen molar-refractivity contribution in [2.45, 2.75) is 18.6 Å². The maximum absolute atomic E-state index is 12.7. The molecule has 118 valence electrons. The molecule has 0 radical (unpaired) electrons. The number of nitrogens with zero attached hydrogens (tertiary/aromatic N) is 2. The molecule has 0 aliphatic rings. The number of benzene rings is 2. The number of carbonyl (C=O) groups is 1. The van der Waals surface area contributed by atoms with Crippen LogP contribution in [0.5, 0.6) is 0 Å². The normalized spacial score (nSPS) is 12.3. The topological polar surface area (TPSA) is 44.1 Å². The Morgan fingerprint density at radius 2 is 1.57 bits per heavy atom. The van der Waals surface area contributed by atoms with Crippen LogP contribution < -0.4 is 4.90 Å². The third-order valence-corrected chi connectivity index (χ3v) is 3.16. The molecule has 0 fully saturated rings. The predicted molar refractivity (Wildman–Crippen MR) is 79.8 cm³/mol. The molecule has 0 aliphatic carbocycles. The van der Waals surface area contributed by atoms with Gasteiger partial charge in [0.2, 0.25) is 0 Å². The van der Waals surface area contributed by atoms with E-state index in [9.17, 15) is 23.2 Å². The molecule has 0 unspecified atom stereocenters. The Hall–Kier alpha value is -2.81. The van der Waals surface area contributed by atoms with Crippen molar-refractivity contribution in [3.8, 4) is 6.07 Å². The fraction of sp³-hybridized carbons (Fsp3) is 0.176. The van der Waals surface area contributed by atoms with Gasteiger partial charge in [-0.05, 0) is 24.3 Å². The zero-order chi connectivity index (χ0) is 16.9. The van der Waals surface area contributed by atoms with Gasteiger partial charge in [0.25, 0.3) is 5.91 Å². The van der Waals surface area contributed by atoms with Crippen molar-refractivity contribution in [2.24, 2.45) is 0 Å². The van der Waals surface area contributed by atoms with E-state index in [1.807, 2.05) is 0 Å². The molecule has 0 spiro atoms. The van der Waals surface area contributed by atoms with Crippen molar-refractivity contribution in [3.05, 3.63) is 66.2 Å². The summed E-state index contributed by atoms with van der Waals surface area (Å²) in [7, 11) is 0. The first-order chi connectivity index (χ1) is 10.9. The SMILES string of the molecule is N#C[C@@H](CC(F)(F)F)N(C(=O)c1ccccc1)c1ccccc1. The summed E-state index contributed by atoms with van der Waals surface area (Å²) in [6, 6.07) is 15.8. The number of alkyl halides is 3. The Morgan fingerprint density at radius 1 is 1.04 bits per heavy atom. The van der Waals surface area contributed by atoms with Crippen LogP contribution in [0.1, 0.15) is 16.8 Å². The van der Waals surface area contributed by atoms with Gasteiger partial charge in [0, 0.05) is 11.3 Å². The van der Waals surface area contributed by atoms with Crippen LogP contribution in [-0.2, 0) is 0 Å². The summed E-state index contributed by atoms with van der Waals surface area (Å²) in [4.78, 5) is 13.5. The van der Waals surface area contributed by atoms with Crippen molar-refractivity contribution in [1.29, 1.82) is 5.26 Å². The van der Waals surface area contributed by atoms with Crippen molar-refractivity contribution in [3.63, 3.8) is 0 Å². The lowest BCUT2D eigenvalue weighted by atomic mass is 10.1. The van der Waals surface area contributed by atoms with E-state index in [1.54, 1.807) is 42.5 Å². The van der Waals surface area contributed by atoms with Crippen LogP contribution in [0.3, 0.4) is 0 Å². The monoisotopic (exact) mass is 318 g/mol. The van der Waals surface area contributed by atoms with Crippen molar-refractivity contribution >= 4 is 11.6 Å². The van der Waals surface area contributed by atoms with E-state index in [0.717, 1.165) is 4.90 Å². The Kier molecular flexibility index (Phi) is 5.02. The summed E-state index contributed by atoms with van der Waals surface area (Å²) < 4.78 is 38.2. The lowest BCUT2D eigenvalue weighted by molar-refractivity contribution is -0.135. The summed E-state index contributed by atoms with van der Waals surface area (Å²) in [5.74, 6) is -0.646. The van der Waals surface area contributed by atoms with Gasteiger partial charge in [-0.1, -0.05) is 36.4 Å². The molecule has 0 bridgehead atoms. The third-order valence-electron chi connectivity index (χ3n) is 3.16. The molecule has 0 heterocycles. The summed E-state index contributed by atoms with van der Waals surface area (Å²) in [6.07, 6.45) is -5.94. The molecule has 3 nitrogen and oxygen atoms in total. The highest BCUT2D eigenvalue weighted by atomic mass is 19.4. The summed E-state index contributed by atoms with van der Waals surface area (Å²) in [5, 5.41) is 9.17. The molecule has 0 saturated heterocycles. The average Bonchev–Trinajstić information content (AvgIpc) is 2.54. The zero-order valence-electron chi connectivity index (χ0n) is 12.0. The van der Waals surface area contributed by atoms with Gasteiger partial charge in [0.05, 0.1) is 12.5 Å². The van der Waals surface area contributed by atoms with E-state index in [-0.39, 0.29) is 11.3 Å². The van der Waals surface area contributed by atoms with Gasteiger partial charge in [-0.25, -0.2) is 0 Å². The average molecular weight is 318 g/mol. The standard InChI is InChI=1S/C17H13F3N2O/c18-17(19,20)11-15(12-21)22(14-9-5-2-6-10-14)16(23)13-7-3-1-4-8-13/h1-10,15H,11H2/t15-/m1/s1. The third kappa shape index (κ3) is 4.33. The van der Waals surface area contributed by atoms with E-state index in [1.165, 1.54) is 24.3 Å². The van der Waals surface area contributed by atoms with E-state index in [4.69, 9.17) is 0 Å². The molecule has 1 atom stereocenters. The van der Waals surface area contributed by atoms with E-state index in [2.05, 4.69) is 0 Å². The van der Waals surface area contributed by atoms with Gasteiger partial charge >= 0.3 is 6.18 Å². The Labute approximate surface area is 131 Å². The van der Waals surface area contributed by atoms with Crippen LogP contribution in [-0.4, -0.2) is 18.1 Å². The minimum atomic E-state index is -4.55. The lowest BCUT2D eigenvalue weighted by Gasteiger charge is -2.28. The smallest absolute Gasteiger partial charge is 0.291 e. The fourth-order valence-electron chi connectivity index (χ4n) is 2.16. The molecule has 2 aromatic rings. The van der Waals surface area contributed by atoms with Crippen molar-refractivity contribution in [1.82, 2.24) is 0 Å². The fourth-order valence-corrected chi connectivity index (χ4v) is 2.16. The molecule has 6 heteroatoms. The van der Waals surface area contributed by atoms with E-state index < -0.39 is 24.5 Å². The van der Waals surface area contributed by atoms with Crippen molar-refractivity contribution in [2.75, 3.05) is 4.90 Å². The highest BCUT2D eigenvalue weighted by Gasteiger charge is 2.37. The molecule has 0 N–H and O–H groups in total. The number of carbonyl (C=O) groups excluding carboxylic acids is 1. The van der Waals surface area contributed by atoms with Crippen molar-refractivity contribution < 1.29 is 18.0 Å². The Balaban J connectivity index is 2.44. The quantitative estimate of drug-likeness (QED) is 0.849. The van der Waals surface area contributed by atoms with Gasteiger partial charge in [-0.3, -0.25) is 9.69 Å². The Morgan fingerprint density at radius 3 is 2.04 bits per heavy atom. The molecular formula is C17H13F3N2O. The second-order valence-electron chi connectivity index (χ2n) is 4.84. The maximum atomic E-state index is 12.7. The van der Waals surface area contributed by atoms with Crippen LogP contribution in [0, 0.1) is 11.3 Å². The number of hydrogen-bond donors (Lipinski definition) is 0. The predicted octanol–water partition coefficient (Wildman–Crippen LogP) is 4.18. The summed E-state index contributed by atoms with van der Waals surface area (Å²) >= 11 is 0. The molecule has 1 amide bonds. The summed E-state index contributed by atoms with van der Waals surface area (Å²) in [5.41, 5.74) is 0.468. The van der Waals surface area contributed by atoms with E-state index >= 15 is 0 Å². The zero-order valence-corrected chi connectivity index (χ0v) is 12.0. The maximum Gasteiger partial charge on any atom is 0.392 e. The van der Waals surface area contributed by atoms with E-state index in [0.29, 0.717) is 0 Å². The largest absolute Gasteiger partial charge is 0.392 e. The van der Waals surface area contributed by atoms with Gasteiger partial charge in [-0.15, -0.1) is 0 Å². The van der Waals surface area contributed by atoms with Gasteiger partial charge in [-0.2, -0.15) is 18.4 Å². The van der Waals surface area contributed by atoms with Crippen LogP contribution in [0.2, 0.25) is 0 Å². The minimum absolute atomic E-state index is 0.221. The molecule has 0 aliphatic heterocycles. The number of hydrogen-bond acceptors (Lipinski definition) is 2. The first kappa shape index (κ1) is 16.6. The number of para-hydroxylation sites is 1. The molecular weight excluding hydrogens is 305 g/mol. The second-order valence-corrected chi connectivity index (χ2v) is 4.84. The highest BCUT2D eigenvalue weighted by molar-refractivity contribution is 6.06. The summed E-state index contributed by atoms with van der Waals surface area (Å²) in [6.45, 7) is 0. The van der Waals surface area contributed by atoms with Gasteiger partial charge < -0.3 is 0 Å². The lowest BCUT2D eigenvalue weighted by Crippen LogP contribution is -2.42. The molecule has 0 aromatic heterocycles. The molecule has 23 heavy (non-hydrogen) atoms. The number of rotatable bonds is 4. The number of nitriles is 1. The second kappa shape index (κ2) is 6.97. The molecule has 2 rings (SSSR count). The molecule has 0 saturated carbocycles. The number of halogens is 3. The Bertz CT molecular complexity index is 693. The highest BCUT2D eigenvalue weighted by Crippen LogP contribution is 2.28. The van der Waals surface area contributed by atoms with Crippen LogP contribution in [0.4, 0.5) is 18.9 Å². The number of amides is 1. The van der Waals surface area contributed by atoms with Gasteiger partial charge in [0.15, 0.2) is 0 Å². The number of anilines is 1. The molecule has 2 aromatic carbocycles. The van der Waals surface area contributed by atoms with Gasteiger partial charge in [0.1, 0.15) is 6.04 Å². The first-order valence-corrected chi connectivity index (χ1v) is 6.82.